The van der Waals surface area contributed by atoms with Crippen molar-refractivity contribution in [2.45, 2.75) is 38.1 Å². The minimum Gasteiger partial charge on any atom is -0.337 e. The van der Waals surface area contributed by atoms with Gasteiger partial charge in [-0.3, -0.25) is 4.99 Å². The molecule has 1 N–H and O–H groups in total. The van der Waals surface area contributed by atoms with Crippen LogP contribution in [-0.2, 0) is 0 Å². The van der Waals surface area contributed by atoms with Gasteiger partial charge in [0.25, 0.3) is 0 Å². The number of imidazole rings is 1. The highest BCUT2D eigenvalue weighted by molar-refractivity contribution is 5.83. The third-order valence-electron chi connectivity index (χ3n) is 3.39. The maximum atomic E-state index is 4.63. The van der Waals surface area contributed by atoms with Gasteiger partial charge in [-0.1, -0.05) is 31.4 Å². The molecule has 3 heteroatoms. The van der Waals surface area contributed by atoms with E-state index in [1.54, 1.807) is 0 Å². The van der Waals surface area contributed by atoms with Crippen molar-refractivity contribution in [3.63, 3.8) is 0 Å². The molecule has 0 amide bonds. The fourth-order valence-corrected chi connectivity index (χ4v) is 2.44. The summed E-state index contributed by atoms with van der Waals surface area (Å²) in [6.45, 7) is 0. The molecule has 0 spiro atoms. The molecule has 1 saturated carbocycles. The molecule has 0 unspecified atom stereocenters. The van der Waals surface area contributed by atoms with E-state index < -0.39 is 0 Å². The van der Waals surface area contributed by atoms with Crippen LogP contribution >= 0.6 is 0 Å². The number of aromatic amines is 1. The number of nitrogens with one attached hydrogen (secondary N) is 1. The molecular weight excluding hydrogens is 210 g/mol. The lowest BCUT2D eigenvalue weighted by molar-refractivity contribution is 0.444. The van der Waals surface area contributed by atoms with E-state index in [2.05, 4.69) is 15.0 Å². The first kappa shape index (κ1) is 10.5. The number of aliphatic imine (C=N–C) groups is 1. The van der Waals surface area contributed by atoms with Crippen LogP contribution in [0.5, 0.6) is 0 Å². The second-order valence-electron chi connectivity index (χ2n) is 4.71. The lowest BCUT2D eigenvalue weighted by Gasteiger charge is -2.16. The van der Waals surface area contributed by atoms with Crippen molar-refractivity contribution in [2.24, 2.45) is 4.99 Å². The fourth-order valence-electron chi connectivity index (χ4n) is 2.44. The van der Waals surface area contributed by atoms with E-state index in [-0.39, 0.29) is 0 Å². The Hall–Kier alpha value is -1.64. The Labute approximate surface area is 101 Å². The van der Waals surface area contributed by atoms with Crippen LogP contribution in [-0.4, -0.2) is 22.2 Å². The molecule has 1 aliphatic rings. The van der Waals surface area contributed by atoms with Crippen molar-refractivity contribution in [2.75, 3.05) is 0 Å². The Morgan fingerprint density at radius 1 is 1.18 bits per heavy atom. The summed E-state index contributed by atoms with van der Waals surface area (Å²) in [5.74, 6) is 0.872. The lowest BCUT2D eigenvalue weighted by atomic mass is 9.96. The highest BCUT2D eigenvalue weighted by atomic mass is 14.9. The number of nitrogens with zero attached hydrogens (tertiary/aromatic N) is 2. The largest absolute Gasteiger partial charge is 0.337 e. The number of benzene rings is 1. The predicted octanol–water partition coefficient (Wildman–Crippen LogP) is 3.31. The van der Waals surface area contributed by atoms with Gasteiger partial charge in [-0.2, -0.15) is 0 Å². The molecule has 0 radical (unpaired) electrons. The van der Waals surface area contributed by atoms with Crippen molar-refractivity contribution < 1.29 is 0 Å². The van der Waals surface area contributed by atoms with Crippen molar-refractivity contribution in [3.05, 3.63) is 30.1 Å². The Morgan fingerprint density at radius 2 is 2.00 bits per heavy atom. The van der Waals surface area contributed by atoms with Crippen molar-refractivity contribution in [1.29, 1.82) is 0 Å². The molecule has 0 saturated heterocycles. The molecule has 0 bridgehead atoms. The molecule has 88 valence electrons. The van der Waals surface area contributed by atoms with Gasteiger partial charge in [0.05, 0.1) is 23.3 Å². The van der Waals surface area contributed by atoms with Crippen molar-refractivity contribution in [1.82, 2.24) is 9.97 Å². The van der Waals surface area contributed by atoms with Crippen LogP contribution in [0.1, 0.15) is 37.9 Å². The molecule has 3 rings (SSSR count). The second-order valence-corrected chi connectivity index (χ2v) is 4.71. The maximum Gasteiger partial charge on any atom is 0.149 e. The van der Waals surface area contributed by atoms with E-state index >= 15 is 0 Å². The van der Waals surface area contributed by atoms with Crippen LogP contribution in [0.15, 0.2) is 29.3 Å². The number of aromatic nitrogens is 2. The van der Waals surface area contributed by atoms with Crippen LogP contribution in [0, 0.1) is 0 Å². The van der Waals surface area contributed by atoms with Gasteiger partial charge in [0.2, 0.25) is 0 Å². The van der Waals surface area contributed by atoms with Gasteiger partial charge in [-0.25, -0.2) is 4.98 Å². The molecule has 1 aromatic heterocycles. The SMILES string of the molecule is C(=NC1CCCCC1)c1nc2ccccc2[nH]1. The molecule has 0 aliphatic heterocycles. The first-order valence-electron chi connectivity index (χ1n) is 6.40. The van der Waals surface area contributed by atoms with E-state index in [0.717, 1.165) is 16.9 Å². The third kappa shape index (κ3) is 2.38. The summed E-state index contributed by atoms with van der Waals surface area (Å²) in [5, 5.41) is 0. The molecule has 1 heterocycles. The number of rotatable bonds is 2. The van der Waals surface area contributed by atoms with Gasteiger partial charge in [0, 0.05) is 0 Å². The summed E-state index contributed by atoms with van der Waals surface area (Å²) in [6, 6.07) is 8.59. The van der Waals surface area contributed by atoms with Crippen LogP contribution in [0.3, 0.4) is 0 Å². The van der Waals surface area contributed by atoms with Crippen LogP contribution in [0.25, 0.3) is 11.0 Å². The highest BCUT2D eigenvalue weighted by Gasteiger charge is 2.11. The number of H-pyrrole nitrogens is 1. The Bertz CT molecular complexity index is 488. The first-order valence-corrected chi connectivity index (χ1v) is 6.40. The van der Waals surface area contributed by atoms with E-state index in [1.807, 2.05) is 30.5 Å². The Balaban J connectivity index is 1.77. The van der Waals surface area contributed by atoms with Crippen LogP contribution < -0.4 is 0 Å². The van der Waals surface area contributed by atoms with E-state index in [0.29, 0.717) is 6.04 Å². The van der Waals surface area contributed by atoms with Crippen molar-refractivity contribution >= 4 is 17.2 Å². The molecule has 2 aromatic rings. The fraction of sp³-hybridized carbons (Fsp3) is 0.429. The summed E-state index contributed by atoms with van der Waals surface area (Å²) in [7, 11) is 0. The molecule has 1 aromatic carbocycles. The van der Waals surface area contributed by atoms with Crippen LogP contribution in [0.2, 0.25) is 0 Å². The van der Waals surface area contributed by atoms with Gasteiger partial charge < -0.3 is 4.98 Å². The smallest absolute Gasteiger partial charge is 0.149 e. The van der Waals surface area contributed by atoms with E-state index in [1.165, 1.54) is 32.1 Å². The number of hydrogen-bond acceptors (Lipinski definition) is 2. The predicted molar refractivity (Wildman–Crippen MR) is 70.6 cm³/mol. The normalized spacial score (nSPS) is 18.1. The maximum absolute atomic E-state index is 4.63. The zero-order chi connectivity index (χ0) is 11.5. The first-order chi connectivity index (χ1) is 8.42. The van der Waals surface area contributed by atoms with Gasteiger partial charge in [-0.15, -0.1) is 0 Å². The van der Waals surface area contributed by atoms with Crippen molar-refractivity contribution in [3.8, 4) is 0 Å². The van der Waals surface area contributed by atoms with Crippen LogP contribution in [0.4, 0.5) is 0 Å². The summed E-state index contributed by atoms with van der Waals surface area (Å²) < 4.78 is 0. The number of para-hydroxylation sites is 2. The standard InChI is InChI=1S/C14H17N3/c1-2-6-11(7-3-1)15-10-14-16-12-8-4-5-9-13(12)17-14/h4-5,8-11H,1-3,6-7H2,(H,16,17). The second kappa shape index (κ2) is 4.70. The Kier molecular flexibility index (Phi) is 2.90. The third-order valence-corrected chi connectivity index (χ3v) is 3.39. The zero-order valence-corrected chi connectivity index (χ0v) is 9.89. The lowest BCUT2D eigenvalue weighted by Crippen LogP contribution is -2.09. The van der Waals surface area contributed by atoms with Gasteiger partial charge in [0.15, 0.2) is 0 Å². The monoisotopic (exact) mass is 227 g/mol. The molecule has 17 heavy (non-hydrogen) atoms. The topological polar surface area (TPSA) is 41.0 Å². The average Bonchev–Trinajstić information content (AvgIpc) is 2.80. The van der Waals surface area contributed by atoms with Gasteiger partial charge in [-0.05, 0) is 25.0 Å². The summed E-state index contributed by atoms with van der Waals surface area (Å²) in [4.78, 5) is 12.4. The summed E-state index contributed by atoms with van der Waals surface area (Å²) >= 11 is 0. The quantitative estimate of drug-likeness (QED) is 0.786. The van der Waals surface area contributed by atoms with E-state index in [9.17, 15) is 0 Å². The van der Waals surface area contributed by atoms with E-state index in [4.69, 9.17) is 0 Å². The zero-order valence-electron chi connectivity index (χ0n) is 9.89. The molecule has 1 aliphatic carbocycles. The number of fused-ring (bicyclic) bond motifs is 1. The van der Waals surface area contributed by atoms with Gasteiger partial charge in [0.1, 0.15) is 5.82 Å². The molecular formula is C14H17N3. The summed E-state index contributed by atoms with van der Waals surface area (Å²) in [6.07, 6.45) is 8.38. The molecule has 3 nitrogen and oxygen atoms in total. The highest BCUT2D eigenvalue weighted by Crippen LogP contribution is 2.20. The minimum absolute atomic E-state index is 0.511. The average molecular weight is 227 g/mol. The molecule has 1 fully saturated rings. The Morgan fingerprint density at radius 3 is 2.82 bits per heavy atom. The number of hydrogen-bond donors (Lipinski definition) is 1. The van der Waals surface area contributed by atoms with Gasteiger partial charge >= 0.3 is 0 Å². The molecule has 0 atom stereocenters. The summed E-state index contributed by atoms with van der Waals surface area (Å²) in [5.41, 5.74) is 2.09. The minimum atomic E-state index is 0.511.